The number of Topliss-reactive ketones (excluding diaryl/α,β-unsaturated/α-hetero) is 1. The Bertz CT molecular complexity index is 523. The summed E-state index contributed by atoms with van der Waals surface area (Å²) in [6, 6.07) is 2.65. The van der Waals surface area contributed by atoms with E-state index in [1.807, 2.05) is 0 Å². The summed E-state index contributed by atoms with van der Waals surface area (Å²) < 4.78 is 4.41. The molecule has 2 unspecified atom stereocenters. The number of hydrogen-bond acceptors (Lipinski definition) is 6. The van der Waals surface area contributed by atoms with E-state index in [0.717, 1.165) is 0 Å². The third-order valence-corrected chi connectivity index (χ3v) is 3.05. The van der Waals surface area contributed by atoms with Gasteiger partial charge in [-0.2, -0.15) is 0 Å². The van der Waals surface area contributed by atoms with Crippen molar-refractivity contribution in [1.29, 1.82) is 0 Å². The third kappa shape index (κ3) is 3.55. The van der Waals surface area contributed by atoms with Crippen LogP contribution in [0.15, 0.2) is 12.1 Å². The van der Waals surface area contributed by atoms with Gasteiger partial charge in [-0.15, -0.1) is 0 Å². The Hall–Kier alpha value is -1.92. The van der Waals surface area contributed by atoms with Crippen LogP contribution < -0.4 is 0 Å². The van der Waals surface area contributed by atoms with Crippen molar-refractivity contribution in [3.8, 4) is 5.75 Å². The number of ketones is 1. The van der Waals surface area contributed by atoms with E-state index in [1.54, 1.807) is 6.92 Å². The number of aliphatic hydroxyl groups excluding tert-OH is 2. The average Bonchev–Trinajstić information content (AvgIpc) is 2.39. The molecule has 0 aliphatic heterocycles. The molecular weight excluding hydrogens is 264 g/mol. The molecule has 0 saturated carbocycles. The number of hydrogen-bond donors (Lipinski definition) is 3. The van der Waals surface area contributed by atoms with Crippen LogP contribution in [0.25, 0.3) is 0 Å². The fourth-order valence-corrected chi connectivity index (χ4v) is 1.89. The highest BCUT2D eigenvalue weighted by molar-refractivity contribution is 5.97. The van der Waals surface area contributed by atoms with E-state index in [-0.39, 0.29) is 29.1 Å². The molecule has 0 saturated heterocycles. The van der Waals surface area contributed by atoms with Gasteiger partial charge in [0.2, 0.25) is 0 Å². The molecule has 110 valence electrons. The second kappa shape index (κ2) is 6.49. The van der Waals surface area contributed by atoms with Gasteiger partial charge in [-0.3, -0.25) is 9.59 Å². The minimum absolute atomic E-state index is 0.140. The first-order valence-corrected chi connectivity index (χ1v) is 6.05. The topological polar surface area (TPSA) is 104 Å². The summed E-state index contributed by atoms with van der Waals surface area (Å²) in [4.78, 5) is 22.4. The Kier molecular flexibility index (Phi) is 5.24. The molecule has 0 spiro atoms. The molecule has 20 heavy (non-hydrogen) atoms. The van der Waals surface area contributed by atoms with E-state index in [4.69, 9.17) is 0 Å². The van der Waals surface area contributed by atoms with Gasteiger partial charge in [0, 0.05) is 0 Å². The zero-order valence-electron chi connectivity index (χ0n) is 11.6. The van der Waals surface area contributed by atoms with Crippen LogP contribution >= 0.6 is 0 Å². The van der Waals surface area contributed by atoms with E-state index in [0.29, 0.717) is 5.56 Å². The van der Waals surface area contributed by atoms with Crippen molar-refractivity contribution in [3.05, 3.63) is 28.8 Å². The van der Waals surface area contributed by atoms with Gasteiger partial charge in [-0.05, 0) is 37.1 Å². The number of aliphatic hydroxyl groups is 2. The second-order valence-corrected chi connectivity index (χ2v) is 4.57. The fraction of sp³-hybridized carbons (Fsp3) is 0.429. The molecule has 0 radical (unpaired) electrons. The smallest absolute Gasteiger partial charge is 0.308 e. The van der Waals surface area contributed by atoms with Gasteiger partial charge in [-0.1, -0.05) is 0 Å². The quantitative estimate of drug-likeness (QED) is 0.546. The summed E-state index contributed by atoms with van der Waals surface area (Å²) in [5.74, 6) is -1.23. The molecule has 0 aliphatic rings. The van der Waals surface area contributed by atoms with Crippen LogP contribution in [0, 0.1) is 6.92 Å². The SMILES string of the molecule is COC(=O)CC(O)C(O)c1cc(O)c(C(C)=O)cc1C. The highest BCUT2D eigenvalue weighted by Crippen LogP contribution is 2.29. The standard InChI is InChI=1S/C14H18O6/c1-7-4-10(8(2)15)11(16)5-9(7)14(19)12(17)6-13(18)20-3/h4-5,12,14,16-17,19H,6H2,1-3H3. The molecule has 6 nitrogen and oxygen atoms in total. The highest BCUT2D eigenvalue weighted by Gasteiger charge is 2.24. The Morgan fingerprint density at radius 1 is 1.30 bits per heavy atom. The number of esters is 1. The molecule has 0 heterocycles. The van der Waals surface area contributed by atoms with Crippen molar-refractivity contribution in [2.75, 3.05) is 7.11 Å². The second-order valence-electron chi connectivity index (χ2n) is 4.57. The van der Waals surface area contributed by atoms with Gasteiger partial charge in [0.15, 0.2) is 5.78 Å². The zero-order chi connectivity index (χ0) is 15.4. The molecule has 1 aromatic carbocycles. The molecule has 1 rings (SSSR count). The lowest BCUT2D eigenvalue weighted by molar-refractivity contribution is -0.144. The maximum Gasteiger partial charge on any atom is 0.308 e. The summed E-state index contributed by atoms with van der Waals surface area (Å²) in [6.45, 7) is 2.95. The number of phenolic OH excluding ortho intramolecular Hbond substituents is 1. The van der Waals surface area contributed by atoms with Crippen molar-refractivity contribution in [1.82, 2.24) is 0 Å². The van der Waals surface area contributed by atoms with Gasteiger partial charge in [0.25, 0.3) is 0 Å². The Morgan fingerprint density at radius 3 is 2.40 bits per heavy atom. The molecule has 3 N–H and O–H groups in total. The number of aromatic hydroxyl groups is 1. The molecule has 0 aliphatic carbocycles. The molecule has 0 aromatic heterocycles. The summed E-state index contributed by atoms with van der Waals surface area (Å²) in [7, 11) is 1.18. The van der Waals surface area contributed by atoms with Crippen molar-refractivity contribution < 1.29 is 29.6 Å². The minimum atomic E-state index is -1.36. The minimum Gasteiger partial charge on any atom is -0.507 e. The number of ether oxygens (including phenoxy) is 1. The summed E-state index contributed by atoms with van der Waals surface area (Å²) in [5.41, 5.74) is 0.925. The maximum absolute atomic E-state index is 11.3. The first kappa shape index (κ1) is 16.1. The van der Waals surface area contributed by atoms with Gasteiger partial charge >= 0.3 is 5.97 Å². The molecule has 0 bridgehead atoms. The molecular formula is C14H18O6. The highest BCUT2D eigenvalue weighted by atomic mass is 16.5. The lowest BCUT2D eigenvalue weighted by atomic mass is 9.94. The number of aryl methyl sites for hydroxylation is 1. The van der Waals surface area contributed by atoms with Crippen molar-refractivity contribution >= 4 is 11.8 Å². The van der Waals surface area contributed by atoms with Gasteiger partial charge in [0.05, 0.1) is 25.2 Å². The Balaban J connectivity index is 3.04. The summed E-state index contributed by atoms with van der Waals surface area (Å²) >= 11 is 0. The van der Waals surface area contributed by atoms with Gasteiger partial charge in [0.1, 0.15) is 11.9 Å². The largest absolute Gasteiger partial charge is 0.507 e. The predicted molar refractivity (Wildman–Crippen MR) is 70.4 cm³/mol. The molecule has 1 aromatic rings. The first-order chi connectivity index (χ1) is 9.27. The van der Waals surface area contributed by atoms with E-state index >= 15 is 0 Å². The molecule has 6 heteroatoms. The number of rotatable bonds is 5. The van der Waals surface area contributed by atoms with Crippen LogP contribution in [0.2, 0.25) is 0 Å². The molecule has 0 amide bonds. The normalized spacial score (nSPS) is 13.7. The number of benzene rings is 1. The maximum atomic E-state index is 11.3. The number of carbonyl (C=O) groups excluding carboxylic acids is 2. The zero-order valence-corrected chi connectivity index (χ0v) is 11.6. The van der Waals surface area contributed by atoms with E-state index in [2.05, 4.69) is 4.74 Å². The van der Waals surface area contributed by atoms with Crippen LogP contribution in [0.1, 0.15) is 40.9 Å². The van der Waals surface area contributed by atoms with Crippen LogP contribution in [0.5, 0.6) is 5.75 Å². The van der Waals surface area contributed by atoms with Gasteiger partial charge in [-0.25, -0.2) is 0 Å². The molecule has 0 fully saturated rings. The number of carbonyl (C=O) groups is 2. The van der Waals surface area contributed by atoms with Crippen molar-refractivity contribution in [3.63, 3.8) is 0 Å². The van der Waals surface area contributed by atoms with E-state index in [9.17, 15) is 24.9 Å². The summed E-state index contributed by atoms with van der Waals surface area (Å²) in [6.07, 6.45) is -3.09. The lowest BCUT2D eigenvalue weighted by Gasteiger charge is -2.20. The van der Waals surface area contributed by atoms with Crippen LogP contribution in [-0.4, -0.2) is 40.3 Å². The monoisotopic (exact) mass is 282 g/mol. The fourth-order valence-electron chi connectivity index (χ4n) is 1.89. The van der Waals surface area contributed by atoms with Crippen LogP contribution in [-0.2, 0) is 9.53 Å². The van der Waals surface area contributed by atoms with E-state index in [1.165, 1.54) is 26.2 Å². The number of phenols is 1. The third-order valence-electron chi connectivity index (χ3n) is 3.05. The Morgan fingerprint density at radius 2 is 1.90 bits per heavy atom. The van der Waals surface area contributed by atoms with E-state index < -0.39 is 18.2 Å². The average molecular weight is 282 g/mol. The lowest BCUT2D eigenvalue weighted by Crippen LogP contribution is -2.23. The van der Waals surface area contributed by atoms with Crippen LogP contribution in [0.4, 0.5) is 0 Å². The van der Waals surface area contributed by atoms with Gasteiger partial charge < -0.3 is 20.1 Å². The first-order valence-electron chi connectivity index (χ1n) is 6.05. The van der Waals surface area contributed by atoms with Crippen molar-refractivity contribution in [2.45, 2.75) is 32.5 Å². The molecule has 2 atom stereocenters. The van der Waals surface area contributed by atoms with Crippen molar-refractivity contribution in [2.24, 2.45) is 0 Å². The number of methoxy groups -OCH3 is 1. The summed E-state index contributed by atoms with van der Waals surface area (Å²) in [5, 5.41) is 29.5. The van der Waals surface area contributed by atoms with Crippen LogP contribution in [0.3, 0.4) is 0 Å². The Labute approximate surface area is 116 Å². The predicted octanol–water partition coefficient (Wildman–Crippen LogP) is 0.861.